The van der Waals surface area contributed by atoms with Crippen LogP contribution in [0.4, 0.5) is 28.4 Å². The Balaban J connectivity index is 1.14. The quantitative estimate of drug-likeness (QED) is 0.114. The fourth-order valence-corrected chi connectivity index (χ4v) is 9.45. The van der Waals surface area contributed by atoms with Crippen molar-refractivity contribution in [2.75, 3.05) is 35.9 Å². The Morgan fingerprint density at radius 2 is 1.44 bits per heavy atom. The van der Waals surface area contributed by atoms with Crippen LogP contribution in [0.2, 0.25) is 0 Å². The Kier molecular flexibility index (Phi) is 8.75. The van der Waals surface area contributed by atoms with Gasteiger partial charge in [0.15, 0.2) is 11.5 Å². The Morgan fingerprint density at radius 1 is 0.815 bits per heavy atom. The maximum Gasteiger partial charge on any atom is 0.241 e. The molecule has 0 radical (unpaired) electrons. The summed E-state index contributed by atoms with van der Waals surface area (Å²) in [4.78, 5) is 62.2. The summed E-state index contributed by atoms with van der Waals surface area (Å²) in [5.41, 5.74) is 3.47. The van der Waals surface area contributed by atoms with E-state index >= 15 is 0 Å². The van der Waals surface area contributed by atoms with Crippen LogP contribution in [0.5, 0.6) is 11.5 Å². The molecular formula is C42H38BrN5O6. The highest BCUT2D eigenvalue weighted by molar-refractivity contribution is 9.10. The second-order valence-electron chi connectivity index (χ2n) is 14.7. The zero-order valence-electron chi connectivity index (χ0n) is 30.1. The molecule has 6 unspecified atom stereocenters. The van der Waals surface area contributed by atoms with Crippen LogP contribution in [0, 0.1) is 29.1 Å². The Hall–Kier alpha value is -5.62. The van der Waals surface area contributed by atoms with Crippen molar-refractivity contribution in [1.29, 1.82) is 0 Å². The van der Waals surface area contributed by atoms with E-state index in [9.17, 15) is 24.3 Å². The lowest BCUT2D eigenvalue weighted by Crippen LogP contribution is -2.48. The molecule has 11 nitrogen and oxygen atoms in total. The van der Waals surface area contributed by atoms with Gasteiger partial charge in [0.2, 0.25) is 23.6 Å². The summed E-state index contributed by atoms with van der Waals surface area (Å²) >= 11 is 3.46. The number of phenolic OH excluding ortho intramolecular Hbond substituents is 1. The smallest absolute Gasteiger partial charge is 0.241 e. The topological polar surface area (TPSA) is 132 Å². The number of aromatic hydroxyl groups is 1. The third-order valence-electron chi connectivity index (χ3n) is 11.6. The summed E-state index contributed by atoms with van der Waals surface area (Å²) < 4.78 is 5.89. The van der Waals surface area contributed by atoms with Crippen LogP contribution in [0.25, 0.3) is 0 Å². The minimum atomic E-state index is -1.23. The average Bonchev–Trinajstić information content (AvgIpc) is 3.55. The van der Waals surface area contributed by atoms with Crippen molar-refractivity contribution in [3.8, 4) is 11.5 Å². The third kappa shape index (κ3) is 5.45. The molecule has 3 fully saturated rings. The van der Waals surface area contributed by atoms with E-state index in [1.54, 1.807) is 60.7 Å². The predicted octanol–water partition coefficient (Wildman–Crippen LogP) is 8.08. The SMILES string of the molecule is COc1cc(C2C3=CCC4C(=O)N(c5ccc(N=Nc6ccc(N(C)C)cc6)cc5)C(=O)C4C3CC3C(=O)N(c4ccccc4)C(=O)C32C)cc(Br)c1O. The highest BCUT2D eigenvalue weighted by Gasteiger charge is 2.67. The second kappa shape index (κ2) is 13.3. The van der Waals surface area contributed by atoms with E-state index in [2.05, 4.69) is 26.2 Å². The maximum absolute atomic E-state index is 14.7. The molecule has 1 saturated carbocycles. The zero-order valence-corrected chi connectivity index (χ0v) is 31.7. The molecule has 12 heteroatoms. The number of para-hydroxylation sites is 1. The summed E-state index contributed by atoms with van der Waals surface area (Å²) in [6.07, 6.45) is 2.53. The standard InChI is InChI=1S/C42H38BrN5O6/c1-42-32(39(51)48(41(42)53)27-8-6-5-7-9-27)22-31-29(36(42)23-20-33(43)37(49)34(21-23)54-4)18-19-30-35(31)40(52)47(38(30)50)28-16-12-25(13-17-28)45-44-24-10-14-26(15-11-24)46(2)3/h5-18,20-21,30-32,35-36,49H,19,22H2,1-4H3. The van der Waals surface area contributed by atoms with Gasteiger partial charge in [0, 0.05) is 25.7 Å². The van der Waals surface area contributed by atoms with E-state index in [4.69, 9.17) is 4.74 Å². The molecule has 8 rings (SSSR count). The number of azo groups is 1. The first-order valence-corrected chi connectivity index (χ1v) is 18.6. The predicted molar refractivity (Wildman–Crippen MR) is 207 cm³/mol. The number of anilines is 3. The van der Waals surface area contributed by atoms with E-state index in [-0.39, 0.29) is 41.5 Å². The Bertz CT molecular complexity index is 2260. The number of hydrogen-bond acceptors (Lipinski definition) is 9. The fourth-order valence-electron chi connectivity index (χ4n) is 8.99. The minimum absolute atomic E-state index is 0.0916. The first kappa shape index (κ1) is 35.4. The van der Waals surface area contributed by atoms with Gasteiger partial charge < -0.3 is 14.7 Å². The van der Waals surface area contributed by atoms with Gasteiger partial charge in [-0.05, 0) is 120 Å². The first-order valence-electron chi connectivity index (χ1n) is 17.8. The molecule has 274 valence electrons. The van der Waals surface area contributed by atoms with Crippen LogP contribution in [-0.4, -0.2) is 49.9 Å². The van der Waals surface area contributed by atoms with E-state index in [1.165, 1.54) is 16.9 Å². The van der Waals surface area contributed by atoms with Gasteiger partial charge in [-0.15, -0.1) is 0 Å². The lowest BCUT2D eigenvalue weighted by Gasteiger charge is -2.49. The molecule has 54 heavy (non-hydrogen) atoms. The number of amides is 4. The molecule has 2 aliphatic carbocycles. The summed E-state index contributed by atoms with van der Waals surface area (Å²) in [6, 6.07) is 26.8. The number of carbonyl (C=O) groups is 4. The summed E-state index contributed by atoms with van der Waals surface area (Å²) in [5.74, 6) is -4.48. The van der Waals surface area contributed by atoms with Crippen molar-refractivity contribution in [3.05, 3.63) is 113 Å². The average molecular weight is 789 g/mol. The Morgan fingerprint density at radius 3 is 2.07 bits per heavy atom. The Labute approximate surface area is 321 Å². The molecule has 1 N–H and O–H groups in total. The van der Waals surface area contributed by atoms with Crippen LogP contribution in [0.3, 0.4) is 0 Å². The summed E-state index contributed by atoms with van der Waals surface area (Å²) in [5, 5.41) is 19.4. The molecular weight excluding hydrogens is 750 g/mol. The number of imide groups is 2. The third-order valence-corrected chi connectivity index (χ3v) is 12.3. The zero-order chi connectivity index (χ0) is 38.1. The van der Waals surface area contributed by atoms with E-state index in [1.807, 2.05) is 62.3 Å². The molecule has 0 spiro atoms. The molecule has 2 heterocycles. The number of allylic oxidation sites excluding steroid dienone is 2. The number of benzene rings is 4. The minimum Gasteiger partial charge on any atom is -0.503 e. The molecule has 6 atom stereocenters. The second-order valence-corrected chi connectivity index (χ2v) is 15.5. The van der Waals surface area contributed by atoms with Crippen LogP contribution >= 0.6 is 15.9 Å². The highest BCUT2D eigenvalue weighted by Crippen LogP contribution is 2.64. The lowest BCUT2D eigenvalue weighted by molar-refractivity contribution is -0.131. The number of rotatable bonds is 7. The largest absolute Gasteiger partial charge is 0.503 e. The molecule has 0 bridgehead atoms. The van der Waals surface area contributed by atoms with Crippen molar-refractivity contribution < 1.29 is 29.0 Å². The maximum atomic E-state index is 14.7. The van der Waals surface area contributed by atoms with Gasteiger partial charge in [0.1, 0.15) is 0 Å². The van der Waals surface area contributed by atoms with Gasteiger partial charge in [-0.25, -0.2) is 4.90 Å². The van der Waals surface area contributed by atoms with E-state index in [0.29, 0.717) is 39.2 Å². The monoisotopic (exact) mass is 787 g/mol. The summed E-state index contributed by atoms with van der Waals surface area (Å²) in [6.45, 7) is 1.83. The number of halogens is 1. The van der Waals surface area contributed by atoms with Gasteiger partial charge in [-0.2, -0.15) is 10.2 Å². The van der Waals surface area contributed by atoms with Crippen LogP contribution < -0.4 is 19.4 Å². The first-order chi connectivity index (χ1) is 25.9. The van der Waals surface area contributed by atoms with Crippen molar-refractivity contribution in [1.82, 2.24) is 0 Å². The lowest BCUT2D eigenvalue weighted by atomic mass is 9.51. The van der Waals surface area contributed by atoms with Crippen LogP contribution in [0.15, 0.2) is 117 Å². The number of hydrogen-bond donors (Lipinski definition) is 1. The molecule has 4 aromatic rings. The van der Waals surface area contributed by atoms with Crippen LogP contribution in [0.1, 0.15) is 31.2 Å². The number of ether oxygens (including phenoxy) is 1. The summed E-state index contributed by atoms with van der Waals surface area (Å²) in [7, 11) is 5.38. The fraction of sp³-hybridized carbons (Fsp3) is 0.286. The molecule has 4 aliphatic rings. The number of phenols is 1. The number of fused-ring (bicyclic) bond motifs is 4. The highest BCUT2D eigenvalue weighted by atomic mass is 79.9. The molecule has 2 saturated heterocycles. The van der Waals surface area contributed by atoms with E-state index < -0.39 is 35.0 Å². The van der Waals surface area contributed by atoms with Crippen molar-refractivity contribution in [2.45, 2.75) is 25.7 Å². The van der Waals surface area contributed by atoms with Gasteiger partial charge in [-0.1, -0.05) is 29.8 Å². The normalized spacial score (nSPS) is 26.2. The van der Waals surface area contributed by atoms with Crippen molar-refractivity contribution in [3.63, 3.8) is 0 Å². The van der Waals surface area contributed by atoms with Crippen molar-refractivity contribution >= 4 is 68.0 Å². The molecule has 4 amide bonds. The van der Waals surface area contributed by atoms with Gasteiger partial charge in [0.05, 0.1) is 57.5 Å². The molecule has 4 aromatic carbocycles. The van der Waals surface area contributed by atoms with Gasteiger partial charge in [0.25, 0.3) is 0 Å². The molecule has 0 aromatic heterocycles. The van der Waals surface area contributed by atoms with Gasteiger partial charge >= 0.3 is 0 Å². The van der Waals surface area contributed by atoms with E-state index in [0.717, 1.165) is 11.3 Å². The number of nitrogens with zero attached hydrogens (tertiary/aromatic N) is 5. The molecule has 2 aliphatic heterocycles. The number of methoxy groups -OCH3 is 1. The van der Waals surface area contributed by atoms with Crippen LogP contribution in [-0.2, 0) is 19.2 Å². The van der Waals surface area contributed by atoms with Gasteiger partial charge in [-0.3, -0.25) is 24.1 Å². The van der Waals surface area contributed by atoms with Crippen molar-refractivity contribution in [2.24, 2.45) is 39.3 Å². The number of carbonyl (C=O) groups excluding carboxylic acids is 4.